The van der Waals surface area contributed by atoms with Gasteiger partial charge in [-0.05, 0) is 35.8 Å². The fraction of sp³-hybridized carbons (Fsp3) is 0.696. The Kier molecular flexibility index (Phi) is 9.85. The molecule has 5 nitrogen and oxygen atoms in total. The molecular formula is C23H40N4OS2. The monoisotopic (exact) mass is 452 g/mol. The average molecular weight is 453 g/mol. The van der Waals surface area contributed by atoms with Gasteiger partial charge in [-0.2, -0.15) is 0 Å². The minimum absolute atomic E-state index is 0.0289. The molecular weight excluding hydrogens is 412 g/mol. The van der Waals surface area contributed by atoms with Crippen LogP contribution in [0.25, 0.3) is 11.0 Å². The Balaban J connectivity index is 2.42. The van der Waals surface area contributed by atoms with Gasteiger partial charge >= 0.3 is 5.69 Å². The molecule has 0 amide bonds. The Hall–Kier alpha value is -0.890. The van der Waals surface area contributed by atoms with Crippen LogP contribution in [0.4, 0.5) is 0 Å². The third-order valence-electron chi connectivity index (χ3n) is 4.34. The summed E-state index contributed by atoms with van der Waals surface area (Å²) in [5, 5.41) is 0. The van der Waals surface area contributed by atoms with Gasteiger partial charge in [-0.1, -0.05) is 67.5 Å². The molecule has 0 aliphatic heterocycles. The lowest BCUT2D eigenvalue weighted by molar-refractivity contribution is 0.362. The summed E-state index contributed by atoms with van der Waals surface area (Å²) >= 11 is 3.12. The molecule has 1 heterocycles. The van der Waals surface area contributed by atoms with Crippen LogP contribution in [0.15, 0.2) is 29.1 Å². The van der Waals surface area contributed by atoms with Gasteiger partial charge < -0.3 is 0 Å². The predicted octanol–water partition coefficient (Wildman–Crippen LogP) is 5.85. The zero-order chi connectivity index (χ0) is 22.4. The molecule has 7 heteroatoms. The van der Waals surface area contributed by atoms with Crippen molar-refractivity contribution in [3.63, 3.8) is 0 Å². The molecule has 0 aliphatic carbocycles. The van der Waals surface area contributed by atoms with Crippen LogP contribution in [0.5, 0.6) is 0 Å². The van der Waals surface area contributed by atoms with E-state index < -0.39 is 0 Å². The van der Waals surface area contributed by atoms with E-state index in [1.54, 1.807) is 24.3 Å². The first-order valence-electron chi connectivity index (χ1n) is 11.2. The zero-order valence-electron chi connectivity index (χ0n) is 20.0. The molecule has 2 aromatic rings. The van der Waals surface area contributed by atoms with E-state index in [9.17, 15) is 4.79 Å². The molecule has 0 N–H and O–H groups in total. The summed E-state index contributed by atoms with van der Waals surface area (Å²) in [6.45, 7) is 21.6. The summed E-state index contributed by atoms with van der Waals surface area (Å²) in [6.07, 6.45) is 0. The number of para-hydroxylation sites is 2. The summed E-state index contributed by atoms with van der Waals surface area (Å²) in [5.41, 5.74) is 1.99. The summed E-state index contributed by atoms with van der Waals surface area (Å²) in [7, 11) is 0. The quantitative estimate of drug-likeness (QED) is 0.377. The first kappa shape index (κ1) is 25.4. The maximum absolute atomic E-state index is 13.5. The molecule has 0 unspecified atom stereocenters. The molecule has 0 saturated carbocycles. The summed E-state index contributed by atoms with van der Waals surface area (Å²) < 4.78 is 8.41. The maximum Gasteiger partial charge on any atom is 0.351 e. The molecule has 1 aromatic carbocycles. The van der Waals surface area contributed by atoms with Gasteiger partial charge in [-0.25, -0.2) is 21.3 Å². The van der Waals surface area contributed by atoms with Gasteiger partial charge in [0.05, 0.1) is 11.0 Å². The Labute approximate surface area is 191 Å². The lowest BCUT2D eigenvalue weighted by atomic mass is 10.2. The van der Waals surface area contributed by atoms with E-state index in [2.05, 4.69) is 76.1 Å². The van der Waals surface area contributed by atoms with Gasteiger partial charge in [0.1, 0.15) is 0 Å². The normalized spacial score (nSPS) is 12.7. The van der Waals surface area contributed by atoms with Gasteiger partial charge in [-0.15, -0.1) is 0 Å². The largest absolute Gasteiger partial charge is 0.351 e. The fourth-order valence-electron chi connectivity index (χ4n) is 3.40. The van der Waals surface area contributed by atoms with Crippen LogP contribution >= 0.6 is 24.3 Å². The smallest absolute Gasteiger partial charge is 0.246 e. The van der Waals surface area contributed by atoms with Crippen LogP contribution in [0.2, 0.25) is 0 Å². The van der Waals surface area contributed by atoms with E-state index in [1.807, 2.05) is 20.1 Å². The maximum atomic E-state index is 13.5. The first-order valence-corrected chi connectivity index (χ1v) is 12.6. The van der Waals surface area contributed by atoms with Crippen molar-refractivity contribution in [2.75, 3.05) is 26.2 Å². The minimum Gasteiger partial charge on any atom is -0.246 e. The molecule has 2 rings (SSSR count). The van der Waals surface area contributed by atoms with E-state index in [4.69, 9.17) is 0 Å². The van der Waals surface area contributed by atoms with E-state index in [1.165, 1.54) is 0 Å². The highest BCUT2D eigenvalue weighted by atomic mass is 32.2. The van der Waals surface area contributed by atoms with Crippen LogP contribution in [0, 0.1) is 23.7 Å². The molecule has 0 saturated heterocycles. The van der Waals surface area contributed by atoms with Crippen molar-refractivity contribution < 1.29 is 0 Å². The second kappa shape index (κ2) is 11.7. The van der Waals surface area contributed by atoms with Crippen molar-refractivity contribution >= 4 is 35.3 Å². The topological polar surface area (TPSA) is 33.4 Å². The highest BCUT2D eigenvalue weighted by Crippen LogP contribution is 2.26. The number of rotatable bonds is 12. The number of hydrogen-bond acceptors (Lipinski definition) is 5. The van der Waals surface area contributed by atoms with Crippen LogP contribution < -0.4 is 5.69 Å². The van der Waals surface area contributed by atoms with Gasteiger partial charge in [0.25, 0.3) is 0 Å². The lowest BCUT2D eigenvalue weighted by Gasteiger charge is -2.25. The van der Waals surface area contributed by atoms with Crippen LogP contribution in [0.3, 0.4) is 0 Å². The van der Waals surface area contributed by atoms with E-state index in [-0.39, 0.29) is 5.69 Å². The Bertz CT molecular complexity index is 755. The molecule has 0 spiro atoms. The lowest BCUT2D eigenvalue weighted by Crippen LogP contribution is -2.31. The number of benzene rings is 1. The van der Waals surface area contributed by atoms with Crippen molar-refractivity contribution in [3.8, 4) is 0 Å². The molecule has 0 bridgehead atoms. The predicted molar refractivity (Wildman–Crippen MR) is 135 cm³/mol. The summed E-state index contributed by atoms with van der Waals surface area (Å²) in [4.78, 5) is 13.5. The van der Waals surface area contributed by atoms with Crippen LogP contribution in [0.1, 0.15) is 55.4 Å². The van der Waals surface area contributed by atoms with Crippen molar-refractivity contribution in [2.24, 2.45) is 23.7 Å². The number of imidazole rings is 1. The van der Waals surface area contributed by atoms with Crippen molar-refractivity contribution in [1.82, 2.24) is 16.6 Å². The molecule has 0 atom stereocenters. The highest BCUT2D eigenvalue weighted by Gasteiger charge is 2.21. The Morgan fingerprint density at radius 3 is 1.23 bits per heavy atom. The summed E-state index contributed by atoms with van der Waals surface area (Å²) in [6, 6.07) is 8.14. The number of hydrogen-bond donors (Lipinski definition) is 0. The third kappa shape index (κ3) is 7.36. The van der Waals surface area contributed by atoms with Gasteiger partial charge in [0, 0.05) is 50.4 Å². The number of fused-ring (bicyclic) bond motifs is 1. The van der Waals surface area contributed by atoms with Gasteiger partial charge in [0.2, 0.25) is 0 Å². The molecule has 0 fully saturated rings. The van der Waals surface area contributed by atoms with Crippen LogP contribution in [-0.2, 0) is 0 Å². The second-order valence-corrected chi connectivity index (χ2v) is 11.9. The minimum atomic E-state index is 0.0289. The van der Waals surface area contributed by atoms with Crippen molar-refractivity contribution in [1.29, 1.82) is 0 Å². The first-order chi connectivity index (χ1) is 14.1. The highest BCUT2D eigenvalue weighted by molar-refractivity contribution is 7.96. The SMILES string of the molecule is CC(C)CN(CC(C)C)Sn1c(=O)n(SN(CC(C)C)CC(C)C)c2ccccc21. The molecule has 170 valence electrons. The van der Waals surface area contributed by atoms with Gasteiger partial charge in [-0.3, -0.25) is 0 Å². The molecule has 30 heavy (non-hydrogen) atoms. The zero-order valence-corrected chi connectivity index (χ0v) is 21.6. The molecule has 0 radical (unpaired) electrons. The van der Waals surface area contributed by atoms with E-state index >= 15 is 0 Å². The van der Waals surface area contributed by atoms with E-state index in [0.717, 1.165) is 37.2 Å². The third-order valence-corrected chi connectivity index (χ3v) is 6.43. The summed E-state index contributed by atoms with van der Waals surface area (Å²) in [5.74, 6) is 2.18. The fourth-order valence-corrected chi connectivity index (χ4v) is 6.16. The van der Waals surface area contributed by atoms with E-state index in [0.29, 0.717) is 23.7 Å². The molecule has 0 aliphatic rings. The van der Waals surface area contributed by atoms with Crippen molar-refractivity contribution in [2.45, 2.75) is 55.4 Å². The average Bonchev–Trinajstić information content (AvgIpc) is 2.85. The number of aromatic nitrogens is 2. The Morgan fingerprint density at radius 1 is 0.667 bits per heavy atom. The van der Waals surface area contributed by atoms with Gasteiger partial charge in [0.15, 0.2) is 0 Å². The Morgan fingerprint density at radius 2 is 0.967 bits per heavy atom. The van der Waals surface area contributed by atoms with Crippen molar-refractivity contribution in [3.05, 3.63) is 34.7 Å². The van der Waals surface area contributed by atoms with Crippen LogP contribution in [-0.4, -0.2) is 42.7 Å². The number of nitrogens with zero attached hydrogens (tertiary/aromatic N) is 4. The molecule has 1 aromatic heterocycles. The standard InChI is InChI=1S/C23H40N4OS2/c1-17(2)13-24(14-18(3)4)29-26-21-11-9-10-12-22(21)27(23(26)28)30-25(15-19(5)6)16-20(7)8/h9-12,17-20H,13-16H2,1-8H3. The second-order valence-electron chi connectivity index (χ2n) is 9.79.